The molecule has 2 aromatic heterocycles. The molecular formula is C29H36ClN7O3. The Kier molecular flexibility index (Phi) is 8.66. The van der Waals surface area contributed by atoms with Gasteiger partial charge in [-0.3, -0.25) is 24.0 Å². The first-order chi connectivity index (χ1) is 19.3. The summed E-state index contributed by atoms with van der Waals surface area (Å²) >= 11 is 6.26. The third kappa shape index (κ3) is 6.28. The summed E-state index contributed by atoms with van der Waals surface area (Å²) in [5.74, 6) is -0.379. The number of rotatable bonds is 9. The van der Waals surface area contributed by atoms with Crippen molar-refractivity contribution in [3.05, 3.63) is 59.0 Å². The van der Waals surface area contributed by atoms with Crippen LogP contribution in [-0.2, 0) is 34.4 Å². The predicted octanol–water partition coefficient (Wildman–Crippen LogP) is 2.43. The van der Waals surface area contributed by atoms with Crippen LogP contribution in [0, 0.1) is 5.92 Å². The van der Waals surface area contributed by atoms with Crippen molar-refractivity contribution in [1.82, 2.24) is 29.9 Å². The van der Waals surface area contributed by atoms with E-state index >= 15 is 0 Å². The molecule has 40 heavy (non-hydrogen) atoms. The largest absolute Gasteiger partial charge is 0.350 e. The van der Waals surface area contributed by atoms with Gasteiger partial charge < -0.3 is 20.9 Å². The van der Waals surface area contributed by atoms with E-state index in [1.165, 1.54) is 0 Å². The maximum atomic E-state index is 13.5. The van der Waals surface area contributed by atoms with Crippen molar-refractivity contribution in [2.75, 3.05) is 19.6 Å². The first-order valence-electron chi connectivity index (χ1n) is 13.9. The zero-order valence-electron chi connectivity index (χ0n) is 22.8. The average Bonchev–Trinajstić information content (AvgIpc) is 3.70. The number of nitrogens with zero attached hydrogens (tertiary/aromatic N) is 5. The van der Waals surface area contributed by atoms with Gasteiger partial charge in [0.2, 0.25) is 17.7 Å². The summed E-state index contributed by atoms with van der Waals surface area (Å²) in [6.07, 6.45) is 7.30. The molecule has 3 atom stereocenters. The molecule has 11 heteroatoms. The molecule has 0 saturated carbocycles. The number of hydrogen-bond donors (Lipinski definition) is 2. The molecule has 0 radical (unpaired) electrons. The lowest BCUT2D eigenvalue weighted by molar-refractivity contribution is -0.140. The Bertz CT molecular complexity index is 1370. The molecule has 2 saturated heterocycles. The third-order valence-corrected chi connectivity index (χ3v) is 8.28. The zero-order chi connectivity index (χ0) is 28.2. The standard InChI is InChI=1S/C29H36ClN7O3/c1-35-24-8-6-20(14-22(24)27(30)34-35)17-33-28(39)25-15-21(13-19-5-4-10-32-16-19)18-37(25)29(40)23(31)7-9-26(38)36-11-2-3-12-36/h4-6,8,10,14,16,21,23,25H,2-3,7,9,11-13,15,17-18,31H2,1H3,(H,33,39)/t21?,23-,25+/m1/s1. The molecule has 0 aliphatic carbocycles. The maximum Gasteiger partial charge on any atom is 0.243 e. The van der Waals surface area contributed by atoms with Crippen molar-refractivity contribution in [2.45, 2.75) is 57.2 Å². The van der Waals surface area contributed by atoms with Crippen molar-refractivity contribution in [2.24, 2.45) is 18.7 Å². The molecule has 3 amide bonds. The zero-order valence-corrected chi connectivity index (χ0v) is 23.5. The van der Waals surface area contributed by atoms with Crippen molar-refractivity contribution in [3.8, 4) is 0 Å². The number of carbonyl (C=O) groups is 3. The quantitative estimate of drug-likeness (QED) is 0.410. The fourth-order valence-electron chi connectivity index (χ4n) is 5.84. The lowest BCUT2D eigenvalue weighted by Crippen LogP contribution is -2.51. The van der Waals surface area contributed by atoms with E-state index in [1.807, 2.05) is 48.5 Å². The average molecular weight is 566 g/mol. The summed E-state index contributed by atoms with van der Waals surface area (Å²) in [5, 5.41) is 8.48. The summed E-state index contributed by atoms with van der Waals surface area (Å²) in [7, 11) is 1.83. The number of carbonyl (C=O) groups excluding carboxylic acids is 3. The summed E-state index contributed by atoms with van der Waals surface area (Å²) < 4.78 is 1.71. The minimum atomic E-state index is -0.839. The van der Waals surface area contributed by atoms with Gasteiger partial charge in [0.05, 0.1) is 11.6 Å². The van der Waals surface area contributed by atoms with Gasteiger partial charge in [-0.05, 0) is 67.3 Å². The van der Waals surface area contributed by atoms with E-state index in [0.717, 1.165) is 48.0 Å². The highest BCUT2D eigenvalue weighted by molar-refractivity contribution is 6.34. The Labute approximate surface area is 238 Å². The Morgan fingerprint density at radius 1 is 1.18 bits per heavy atom. The number of halogens is 1. The van der Waals surface area contributed by atoms with Crippen LogP contribution in [0.3, 0.4) is 0 Å². The second kappa shape index (κ2) is 12.3. The number of likely N-dealkylation sites (tertiary alicyclic amines) is 2. The molecule has 10 nitrogen and oxygen atoms in total. The van der Waals surface area contributed by atoms with E-state index in [4.69, 9.17) is 17.3 Å². The molecule has 1 aromatic carbocycles. The van der Waals surface area contributed by atoms with E-state index in [9.17, 15) is 14.4 Å². The number of aryl methyl sites for hydroxylation is 1. The summed E-state index contributed by atoms with van der Waals surface area (Å²) in [5.41, 5.74) is 9.16. The molecule has 1 unspecified atom stereocenters. The van der Waals surface area contributed by atoms with Crippen LogP contribution in [0.4, 0.5) is 0 Å². The first kappa shape index (κ1) is 28.0. The normalized spacial score (nSPS) is 19.8. The van der Waals surface area contributed by atoms with Gasteiger partial charge in [0, 0.05) is 57.4 Å². The summed E-state index contributed by atoms with van der Waals surface area (Å²) in [6.45, 7) is 2.26. The molecule has 0 spiro atoms. The van der Waals surface area contributed by atoms with Gasteiger partial charge in [0.25, 0.3) is 0 Å². The molecular weight excluding hydrogens is 530 g/mol. The third-order valence-electron chi connectivity index (χ3n) is 8.00. The van der Waals surface area contributed by atoms with E-state index in [1.54, 1.807) is 15.8 Å². The number of hydrogen-bond acceptors (Lipinski definition) is 6. The maximum absolute atomic E-state index is 13.5. The summed E-state index contributed by atoms with van der Waals surface area (Å²) in [4.78, 5) is 47.1. The number of fused-ring (bicyclic) bond motifs is 1. The Morgan fingerprint density at radius 3 is 2.73 bits per heavy atom. The number of benzene rings is 1. The highest BCUT2D eigenvalue weighted by atomic mass is 35.5. The fourth-order valence-corrected chi connectivity index (χ4v) is 6.11. The van der Waals surface area contributed by atoms with Gasteiger partial charge in [-0.25, -0.2) is 0 Å². The Morgan fingerprint density at radius 2 is 1.98 bits per heavy atom. The molecule has 5 rings (SSSR count). The van der Waals surface area contributed by atoms with Crippen molar-refractivity contribution in [1.29, 1.82) is 0 Å². The minimum Gasteiger partial charge on any atom is -0.350 e. The molecule has 4 heterocycles. The smallest absolute Gasteiger partial charge is 0.243 e. The van der Waals surface area contributed by atoms with Crippen molar-refractivity contribution < 1.29 is 14.4 Å². The van der Waals surface area contributed by atoms with Crippen LogP contribution in [0.5, 0.6) is 0 Å². The number of aromatic nitrogens is 3. The SMILES string of the molecule is Cn1nc(Cl)c2cc(CNC(=O)[C@@H]3CC(Cc4cccnc4)CN3C(=O)[C@H](N)CCC(=O)N3CCCC3)ccc21. The van der Waals surface area contributed by atoms with Gasteiger partial charge in [-0.1, -0.05) is 23.7 Å². The molecule has 3 aromatic rings. The van der Waals surface area contributed by atoms with Gasteiger partial charge in [0.1, 0.15) is 6.04 Å². The Hall–Kier alpha value is -3.50. The van der Waals surface area contributed by atoms with Crippen LogP contribution < -0.4 is 11.1 Å². The monoisotopic (exact) mass is 565 g/mol. The molecule has 3 N–H and O–H groups in total. The second-order valence-electron chi connectivity index (χ2n) is 10.9. The molecule has 212 valence electrons. The number of amides is 3. The van der Waals surface area contributed by atoms with Gasteiger partial charge in [0.15, 0.2) is 5.15 Å². The molecule has 2 aliphatic rings. The van der Waals surface area contributed by atoms with Crippen LogP contribution in [0.1, 0.15) is 43.2 Å². The van der Waals surface area contributed by atoms with Gasteiger partial charge >= 0.3 is 0 Å². The fraction of sp³-hybridized carbons (Fsp3) is 0.483. The van der Waals surface area contributed by atoms with Gasteiger partial charge in [-0.2, -0.15) is 5.10 Å². The van der Waals surface area contributed by atoms with Crippen LogP contribution in [0.25, 0.3) is 10.9 Å². The highest BCUT2D eigenvalue weighted by Crippen LogP contribution is 2.28. The Balaban J connectivity index is 1.25. The van der Waals surface area contributed by atoms with Gasteiger partial charge in [-0.15, -0.1) is 0 Å². The van der Waals surface area contributed by atoms with Crippen LogP contribution >= 0.6 is 11.6 Å². The highest BCUT2D eigenvalue weighted by Gasteiger charge is 2.41. The van der Waals surface area contributed by atoms with E-state index < -0.39 is 12.1 Å². The number of nitrogens with one attached hydrogen (secondary N) is 1. The number of nitrogens with two attached hydrogens (primary N) is 1. The number of pyridine rings is 1. The van der Waals surface area contributed by atoms with Crippen LogP contribution in [0.2, 0.25) is 5.15 Å². The van der Waals surface area contributed by atoms with Crippen molar-refractivity contribution in [3.63, 3.8) is 0 Å². The first-order valence-corrected chi connectivity index (χ1v) is 14.3. The lowest BCUT2D eigenvalue weighted by atomic mass is 9.97. The minimum absolute atomic E-state index is 0.0385. The van der Waals surface area contributed by atoms with Crippen LogP contribution in [0.15, 0.2) is 42.7 Å². The lowest BCUT2D eigenvalue weighted by Gasteiger charge is -2.27. The second-order valence-corrected chi connectivity index (χ2v) is 11.2. The predicted molar refractivity (Wildman–Crippen MR) is 152 cm³/mol. The summed E-state index contributed by atoms with van der Waals surface area (Å²) in [6, 6.07) is 8.18. The van der Waals surface area contributed by atoms with E-state index in [0.29, 0.717) is 31.1 Å². The van der Waals surface area contributed by atoms with Crippen LogP contribution in [-0.4, -0.2) is 74.0 Å². The van der Waals surface area contributed by atoms with Crippen molar-refractivity contribution >= 4 is 40.2 Å². The topological polar surface area (TPSA) is 126 Å². The van der Waals surface area contributed by atoms with E-state index in [2.05, 4.69) is 15.4 Å². The molecule has 2 aliphatic heterocycles. The molecule has 2 fully saturated rings. The molecule has 0 bridgehead atoms. The van der Waals surface area contributed by atoms with E-state index in [-0.39, 0.29) is 36.5 Å².